The molecule has 0 atom stereocenters. The van der Waals surface area contributed by atoms with Crippen molar-refractivity contribution in [2.75, 3.05) is 13.6 Å². The van der Waals surface area contributed by atoms with Gasteiger partial charge in [0.15, 0.2) is 0 Å². The molecule has 0 aromatic carbocycles. The van der Waals surface area contributed by atoms with Gasteiger partial charge >= 0.3 is 6.03 Å². The fourth-order valence-electron chi connectivity index (χ4n) is 2.96. The normalized spacial score (nSPS) is 30.6. The SMILES string of the molecule is CCC1CCC2(CC1)NC(=O)N(CC(=O)NC)C2=O. The number of amides is 4. The van der Waals surface area contributed by atoms with Gasteiger partial charge in [0, 0.05) is 7.05 Å². The summed E-state index contributed by atoms with van der Waals surface area (Å²) >= 11 is 0. The van der Waals surface area contributed by atoms with Crippen molar-refractivity contribution in [2.24, 2.45) is 5.92 Å². The Balaban J connectivity index is 2.07. The molecule has 2 rings (SSSR count). The number of likely N-dealkylation sites (N-methyl/N-ethyl adjacent to an activating group) is 1. The second-order valence-corrected chi connectivity index (χ2v) is 5.43. The molecule has 0 radical (unpaired) electrons. The zero-order valence-corrected chi connectivity index (χ0v) is 11.5. The molecule has 0 unspecified atom stereocenters. The van der Waals surface area contributed by atoms with Crippen LogP contribution in [0.2, 0.25) is 0 Å². The maximum atomic E-state index is 12.4. The molecule has 1 aliphatic carbocycles. The molecule has 4 amide bonds. The lowest BCUT2D eigenvalue weighted by atomic mass is 9.75. The molecule has 106 valence electrons. The number of nitrogens with one attached hydrogen (secondary N) is 2. The molecule has 2 N–H and O–H groups in total. The summed E-state index contributed by atoms with van der Waals surface area (Å²) in [4.78, 5) is 36.7. The highest BCUT2D eigenvalue weighted by Gasteiger charge is 2.52. The summed E-state index contributed by atoms with van der Waals surface area (Å²) < 4.78 is 0. The van der Waals surface area contributed by atoms with Crippen LogP contribution in [0.15, 0.2) is 0 Å². The molecular weight excluding hydrogens is 246 g/mol. The van der Waals surface area contributed by atoms with Crippen LogP contribution in [0.5, 0.6) is 0 Å². The predicted molar refractivity (Wildman–Crippen MR) is 69.3 cm³/mol. The average molecular weight is 267 g/mol. The second kappa shape index (κ2) is 5.19. The smallest absolute Gasteiger partial charge is 0.325 e. The zero-order valence-electron chi connectivity index (χ0n) is 11.5. The molecule has 6 heteroatoms. The van der Waals surface area contributed by atoms with E-state index in [9.17, 15) is 14.4 Å². The Morgan fingerprint density at radius 2 is 2.05 bits per heavy atom. The minimum Gasteiger partial charge on any atom is -0.358 e. The van der Waals surface area contributed by atoms with Crippen molar-refractivity contribution in [3.05, 3.63) is 0 Å². The number of hydrogen-bond acceptors (Lipinski definition) is 3. The predicted octanol–water partition coefficient (Wildman–Crippen LogP) is 0.623. The van der Waals surface area contributed by atoms with Gasteiger partial charge in [-0.3, -0.25) is 14.5 Å². The number of carbonyl (C=O) groups is 3. The third kappa shape index (κ3) is 2.43. The summed E-state index contributed by atoms with van der Waals surface area (Å²) in [5, 5.41) is 5.23. The van der Waals surface area contributed by atoms with Gasteiger partial charge in [0.2, 0.25) is 5.91 Å². The summed E-state index contributed by atoms with van der Waals surface area (Å²) in [6.07, 6.45) is 4.38. The first kappa shape index (κ1) is 13.8. The van der Waals surface area contributed by atoms with E-state index >= 15 is 0 Å². The summed E-state index contributed by atoms with van der Waals surface area (Å²) in [7, 11) is 1.49. The van der Waals surface area contributed by atoms with E-state index in [0.29, 0.717) is 18.8 Å². The standard InChI is InChI=1S/C13H21N3O3/c1-3-9-4-6-13(7-5-9)11(18)16(12(19)15-13)8-10(17)14-2/h9H,3-8H2,1-2H3,(H,14,17)(H,15,19). The van der Waals surface area contributed by atoms with E-state index in [-0.39, 0.29) is 18.4 Å². The molecule has 0 bridgehead atoms. The summed E-state index contributed by atoms with van der Waals surface area (Å²) in [6.45, 7) is 1.95. The molecule has 0 aromatic heterocycles. The van der Waals surface area contributed by atoms with Gasteiger partial charge in [-0.15, -0.1) is 0 Å². The van der Waals surface area contributed by atoms with E-state index in [1.54, 1.807) is 0 Å². The molecular formula is C13H21N3O3. The van der Waals surface area contributed by atoms with Crippen molar-refractivity contribution in [2.45, 2.75) is 44.6 Å². The van der Waals surface area contributed by atoms with Crippen LogP contribution >= 0.6 is 0 Å². The van der Waals surface area contributed by atoms with E-state index < -0.39 is 11.6 Å². The first-order chi connectivity index (χ1) is 9.02. The van der Waals surface area contributed by atoms with Gasteiger partial charge in [-0.2, -0.15) is 0 Å². The summed E-state index contributed by atoms with van der Waals surface area (Å²) in [6, 6.07) is -0.441. The van der Waals surface area contributed by atoms with E-state index in [1.165, 1.54) is 7.05 Å². The Labute approximate surface area is 112 Å². The molecule has 1 spiro atoms. The van der Waals surface area contributed by atoms with Gasteiger partial charge in [-0.05, 0) is 31.6 Å². The van der Waals surface area contributed by atoms with Crippen molar-refractivity contribution in [3.63, 3.8) is 0 Å². The molecule has 1 saturated carbocycles. The van der Waals surface area contributed by atoms with E-state index in [2.05, 4.69) is 17.6 Å². The summed E-state index contributed by atoms with van der Waals surface area (Å²) in [5.41, 5.74) is -0.753. The Hall–Kier alpha value is -1.59. The topological polar surface area (TPSA) is 78.5 Å². The van der Waals surface area contributed by atoms with Crippen LogP contribution in [0.1, 0.15) is 39.0 Å². The Kier molecular flexibility index (Phi) is 3.78. The lowest BCUT2D eigenvalue weighted by Gasteiger charge is -2.34. The summed E-state index contributed by atoms with van der Waals surface area (Å²) in [5.74, 6) is 0.0711. The second-order valence-electron chi connectivity index (χ2n) is 5.43. The lowest BCUT2D eigenvalue weighted by Crippen LogP contribution is -2.50. The van der Waals surface area contributed by atoms with Gasteiger partial charge in [0.05, 0.1) is 0 Å². The highest BCUT2D eigenvalue weighted by Crippen LogP contribution is 2.37. The molecule has 2 aliphatic rings. The monoisotopic (exact) mass is 267 g/mol. The molecule has 19 heavy (non-hydrogen) atoms. The molecule has 1 aliphatic heterocycles. The van der Waals surface area contributed by atoms with Crippen LogP contribution in [0.3, 0.4) is 0 Å². The first-order valence-electron chi connectivity index (χ1n) is 6.87. The number of nitrogens with zero attached hydrogens (tertiary/aromatic N) is 1. The van der Waals surface area contributed by atoms with Crippen LogP contribution < -0.4 is 10.6 Å². The van der Waals surface area contributed by atoms with Crippen LogP contribution in [-0.4, -0.2) is 41.9 Å². The average Bonchev–Trinajstić information content (AvgIpc) is 2.64. The Morgan fingerprint density at radius 1 is 1.42 bits per heavy atom. The van der Waals surface area contributed by atoms with Crippen molar-refractivity contribution >= 4 is 17.8 Å². The molecule has 1 saturated heterocycles. The number of urea groups is 1. The van der Waals surface area contributed by atoms with Crippen molar-refractivity contribution in [1.82, 2.24) is 15.5 Å². The highest BCUT2D eigenvalue weighted by molar-refractivity contribution is 6.09. The van der Waals surface area contributed by atoms with Gasteiger partial charge in [-0.1, -0.05) is 13.3 Å². The molecule has 2 fully saturated rings. The van der Waals surface area contributed by atoms with E-state index in [4.69, 9.17) is 0 Å². The minimum atomic E-state index is -0.753. The highest BCUT2D eigenvalue weighted by atomic mass is 16.2. The number of imide groups is 1. The van der Waals surface area contributed by atoms with Crippen LogP contribution in [0.25, 0.3) is 0 Å². The Morgan fingerprint density at radius 3 is 2.58 bits per heavy atom. The molecule has 6 nitrogen and oxygen atoms in total. The van der Waals surface area contributed by atoms with Crippen molar-refractivity contribution in [1.29, 1.82) is 0 Å². The number of rotatable bonds is 3. The van der Waals surface area contributed by atoms with Gasteiger partial charge in [-0.25, -0.2) is 4.79 Å². The van der Waals surface area contributed by atoms with Gasteiger partial charge in [0.1, 0.15) is 12.1 Å². The largest absolute Gasteiger partial charge is 0.358 e. The molecule has 0 aromatic rings. The molecule has 1 heterocycles. The fourth-order valence-corrected chi connectivity index (χ4v) is 2.96. The van der Waals surface area contributed by atoms with Crippen LogP contribution in [0, 0.1) is 5.92 Å². The lowest BCUT2D eigenvalue weighted by molar-refractivity contribution is -0.136. The maximum absolute atomic E-state index is 12.4. The van der Waals surface area contributed by atoms with E-state index in [1.807, 2.05) is 0 Å². The van der Waals surface area contributed by atoms with Crippen molar-refractivity contribution in [3.8, 4) is 0 Å². The number of carbonyl (C=O) groups excluding carboxylic acids is 3. The third-order valence-corrected chi connectivity index (χ3v) is 4.36. The first-order valence-corrected chi connectivity index (χ1v) is 6.87. The minimum absolute atomic E-state index is 0.194. The van der Waals surface area contributed by atoms with Crippen LogP contribution in [-0.2, 0) is 9.59 Å². The number of hydrogen-bond donors (Lipinski definition) is 2. The zero-order chi connectivity index (χ0) is 14.0. The third-order valence-electron chi connectivity index (χ3n) is 4.36. The van der Waals surface area contributed by atoms with Gasteiger partial charge < -0.3 is 10.6 Å². The van der Waals surface area contributed by atoms with Gasteiger partial charge in [0.25, 0.3) is 5.91 Å². The quantitative estimate of drug-likeness (QED) is 0.736. The fraction of sp³-hybridized carbons (Fsp3) is 0.769. The van der Waals surface area contributed by atoms with Crippen molar-refractivity contribution < 1.29 is 14.4 Å². The van der Waals surface area contributed by atoms with Crippen LogP contribution in [0.4, 0.5) is 4.79 Å². The maximum Gasteiger partial charge on any atom is 0.325 e. The van der Waals surface area contributed by atoms with E-state index in [0.717, 1.165) is 24.2 Å². The Bertz CT molecular complexity index is 400.